The smallest absolute Gasteiger partial charge is 0.319 e. The highest BCUT2D eigenvalue weighted by atomic mass is 35.5. The Balaban J connectivity index is 1.27. The zero-order valence-corrected chi connectivity index (χ0v) is 27.8. The molecule has 0 spiro atoms. The van der Waals surface area contributed by atoms with E-state index in [0.29, 0.717) is 48.3 Å². The van der Waals surface area contributed by atoms with Crippen molar-refractivity contribution in [3.8, 4) is 23.2 Å². The molecule has 5 aliphatic rings. The number of anilines is 2. The summed E-state index contributed by atoms with van der Waals surface area (Å²) in [6, 6.07) is 4.91. The van der Waals surface area contributed by atoms with E-state index in [1.807, 2.05) is 4.90 Å². The molecular formula is C35H30ClF4N7OS. The number of benzene rings is 2. The first kappa shape index (κ1) is 31.1. The van der Waals surface area contributed by atoms with Crippen molar-refractivity contribution in [1.82, 2.24) is 20.2 Å². The predicted molar refractivity (Wildman–Crippen MR) is 182 cm³/mol. The number of hydrogen-bond acceptors (Lipinski definition) is 9. The quantitative estimate of drug-likeness (QED) is 0.212. The summed E-state index contributed by atoms with van der Waals surface area (Å²) in [6.45, 7) is 5.98. The van der Waals surface area contributed by atoms with Crippen molar-refractivity contribution in [2.75, 3.05) is 36.9 Å². The number of nitrogen functional groups attached to an aromatic ring is 1. The van der Waals surface area contributed by atoms with Crippen LogP contribution in [0.1, 0.15) is 49.7 Å². The fraction of sp³-hybridized carbons (Fsp3) is 0.400. The molecule has 8 nitrogen and oxygen atoms in total. The lowest BCUT2D eigenvalue weighted by Crippen LogP contribution is -2.58. The summed E-state index contributed by atoms with van der Waals surface area (Å²) < 4.78 is 66.2. The average molecular weight is 708 g/mol. The zero-order valence-electron chi connectivity index (χ0n) is 26.2. The van der Waals surface area contributed by atoms with Gasteiger partial charge in [0.25, 0.3) is 6.08 Å². The van der Waals surface area contributed by atoms with Crippen molar-refractivity contribution in [1.29, 1.82) is 5.26 Å². The summed E-state index contributed by atoms with van der Waals surface area (Å²) in [5.74, 6) is -0.891. The maximum Gasteiger partial charge on any atom is 0.319 e. The van der Waals surface area contributed by atoms with E-state index in [0.717, 1.165) is 30.6 Å². The second kappa shape index (κ2) is 11.0. The number of nitrogens with two attached hydrogens (primary N) is 1. The predicted octanol–water partition coefficient (Wildman–Crippen LogP) is 7.39. The van der Waals surface area contributed by atoms with E-state index in [1.54, 1.807) is 0 Å². The summed E-state index contributed by atoms with van der Waals surface area (Å²) in [5.41, 5.74) is 6.92. The van der Waals surface area contributed by atoms with Crippen molar-refractivity contribution in [2.45, 2.75) is 62.2 Å². The standard InChI is InChI=1S/C35H30ClF4N7OS/c1-15-9-22-21-6-3-17(43-21)13-47(22)33-26-23(15)27(36)25(18-4-5-20(37)30-24(18)19(11-41)32(42)49-30)28(38)29(26)44-34(45-33)48-14-35-7-2-8-46(35)12-16(10-35)31(39)40/h4-5,17,21-22,43H,1-3,6-10,12-14,42H2/t17-,21+,22-,35+/m1/s1. The van der Waals surface area contributed by atoms with Crippen LogP contribution < -0.4 is 20.7 Å². The molecule has 0 saturated carbocycles. The second-order valence-corrected chi connectivity index (χ2v) is 15.3. The van der Waals surface area contributed by atoms with Crippen LogP contribution in [0.4, 0.5) is 28.4 Å². The van der Waals surface area contributed by atoms with E-state index in [2.05, 4.69) is 27.8 Å². The van der Waals surface area contributed by atoms with Crippen LogP contribution in [0.5, 0.6) is 6.01 Å². The Kier molecular flexibility index (Phi) is 6.98. The minimum atomic E-state index is -1.66. The average Bonchev–Trinajstić information content (AvgIpc) is 3.82. The van der Waals surface area contributed by atoms with E-state index < -0.39 is 23.3 Å². The number of nitriles is 1. The number of thiophene rings is 1. The molecule has 4 aromatic rings. The van der Waals surface area contributed by atoms with Gasteiger partial charge in [-0.1, -0.05) is 24.2 Å². The van der Waals surface area contributed by atoms with Gasteiger partial charge in [0.15, 0.2) is 5.82 Å². The minimum absolute atomic E-state index is 0.0384. The first-order valence-corrected chi connectivity index (χ1v) is 17.5. The van der Waals surface area contributed by atoms with Crippen LogP contribution in [-0.2, 0) is 0 Å². The van der Waals surface area contributed by atoms with Gasteiger partial charge in [-0.25, -0.2) is 8.78 Å². The van der Waals surface area contributed by atoms with Crippen LogP contribution in [0.3, 0.4) is 0 Å². The normalized spacial score (nSPS) is 26.0. The molecule has 0 amide bonds. The van der Waals surface area contributed by atoms with Crippen molar-refractivity contribution in [2.24, 2.45) is 0 Å². The topological polar surface area (TPSA) is 103 Å². The molecule has 4 saturated heterocycles. The van der Waals surface area contributed by atoms with Gasteiger partial charge in [0.05, 0.1) is 26.2 Å². The Morgan fingerprint density at radius 1 is 1.22 bits per heavy atom. The maximum atomic E-state index is 17.3. The SMILES string of the molecule is C=C1C[C@@H]2[C@@H]3CC[C@H](CN2c2nc(OC[C@@]45CCCN4CC(=C(F)F)C5)nc4c(F)c(-c5ccc(F)c6sc(N)c(C#N)c56)c(Cl)c1c24)N3. The lowest BCUT2D eigenvalue weighted by molar-refractivity contribution is 0.108. The minimum Gasteiger partial charge on any atom is -0.461 e. The molecule has 3 N–H and O–H groups in total. The van der Waals surface area contributed by atoms with Crippen molar-refractivity contribution >= 4 is 60.3 Å². The summed E-state index contributed by atoms with van der Waals surface area (Å²) in [6.07, 6.45) is 2.53. The van der Waals surface area contributed by atoms with E-state index in [4.69, 9.17) is 27.1 Å². The van der Waals surface area contributed by atoms with Crippen molar-refractivity contribution < 1.29 is 22.3 Å². The third-order valence-corrected chi connectivity index (χ3v) is 12.6. The van der Waals surface area contributed by atoms with Gasteiger partial charge in [-0.15, -0.1) is 11.3 Å². The van der Waals surface area contributed by atoms with Crippen LogP contribution in [0, 0.1) is 23.0 Å². The number of rotatable bonds is 4. The van der Waals surface area contributed by atoms with Gasteiger partial charge in [-0.05, 0) is 62.3 Å². The first-order valence-electron chi connectivity index (χ1n) is 16.3. The molecule has 4 atom stereocenters. The van der Waals surface area contributed by atoms with Gasteiger partial charge >= 0.3 is 6.01 Å². The molecule has 2 bridgehead atoms. The second-order valence-electron chi connectivity index (χ2n) is 13.8. The number of nitrogens with zero attached hydrogens (tertiary/aromatic N) is 5. The molecular weight excluding hydrogens is 678 g/mol. The van der Waals surface area contributed by atoms with Crippen LogP contribution in [0.15, 0.2) is 30.4 Å². The van der Waals surface area contributed by atoms with E-state index in [9.17, 15) is 14.0 Å². The van der Waals surface area contributed by atoms with Gasteiger partial charge < -0.3 is 20.7 Å². The molecule has 0 radical (unpaired) electrons. The van der Waals surface area contributed by atoms with Crippen molar-refractivity contribution in [3.05, 3.63) is 58.1 Å². The summed E-state index contributed by atoms with van der Waals surface area (Å²) in [7, 11) is 0. The van der Waals surface area contributed by atoms with Crippen LogP contribution in [0.2, 0.25) is 5.02 Å². The number of aromatic nitrogens is 2. The molecule has 2 aromatic heterocycles. The number of ether oxygens (including phenoxy) is 1. The highest BCUT2D eigenvalue weighted by Crippen LogP contribution is 2.52. The Morgan fingerprint density at radius 2 is 2.06 bits per heavy atom. The molecule has 7 heterocycles. The van der Waals surface area contributed by atoms with E-state index in [1.165, 1.54) is 12.1 Å². The Morgan fingerprint density at radius 3 is 2.86 bits per heavy atom. The maximum absolute atomic E-state index is 17.3. The van der Waals surface area contributed by atoms with Crippen LogP contribution in [-0.4, -0.2) is 64.8 Å². The third kappa shape index (κ3) is 4.46. The molecule has 0 unspecified atom stereocenters. The lowest BCUT2D eigenvalue weighted by Gasteiger charge is -2.41. The molecule has 0 aliphatic carbocycles. The summed E-state index contributed by atoms with van der Waals surface area (Å²) >= 11 is 8.12. The Hall–Kier alpha value is -3.96. The molecule has 14 heteroatoms. The molecule has 4 fully saturated rings. The van der Waals surface area contributed by atoms with Crippen LogP contribution in [0.25, 0.3) is 37.7 Å². The Bertz CT molecular complexity index is 2210. The van der Waals surface area contributed by atoms with Gasteiger partial charge in [-0.2, -0.15) is 24.0 Å². The highest BCUT2D eigenvalue weighted by molar-refractivity contribution is 7.23. The summed E-state index contributed by atoms with van der Waals surface area (Å²) in [5, 5.41) is 14.4. The fourth-order valence-electron chi connectivity index (χ4n) is 9.02. The monoisotopic (exact) mass is 707 g/mol. The van der Waals surface area contributed by atoms with Crippen LogP contribution >= 0.6 is 22.9 Å². The Labute approximate surface area is 287 Å². The first-order chi connectivity index (χ1) is 23.6. The fourth-order valence-corrected chi connectivity index (χ4v) is 10.4. The molecule has 49 heavy (non-hydrogen) atoms. The van der Waals surface area contributed by atoms with Gasteiger partial charge in [0.2, 0.25) is 0 Å². The molecule has 2 aromatic carbocycles. The number of piperazine rings is 1. The third-order valence-electron chi connectivity index (χ3n) is 11.2. The number of halogens is 5. The van der Waals surface area contributed by atoms with Crippen molar-refractivity contribution in [3.63, 3.8) is 0 Å². The number of nitrogens with one attached hydrogen (secondary N) is 1. The van der Waals surface area contributed by atoms with Gasteiger partial charge in [0, 0.05) is 53.3 Å². The van der Waals surface area contributed by atoms with Gasteiger partial charge in [0.1, 0.15) is 34.8 Å². The largest absolute Gasteiger partial charge is 0.461 e. The zero-order chi connectivity index (χ0) is 33.9. The lowest BCUT2D eigenvalue weighted by atomic mass is 9.90. The number of fused-ring (bicyclic) bond motifs is 7. The molecule has 252 valence electrons. The molecule has 9 rings (SSSR count). The van der Waals surface area contributed by atoms with E-state index in [-0.39, 0.29) is 91.6 Å². The summed E-state index contributed by atoms with van der Waals surface area (Å²) in [4.78, 5) is 13.8. The van der Waals surface area contributed by atoms with E-state index >= 15 is 8.78 Å². The highest BCUT2D eigenvalue weighted by Gasteiger charge is 2.49. The number of hydrogen-bond donors (Lipinski definition) is 2. The van der Waals surface area contributed by atoms with Gasteiger partial charge in [-0.3, -0.25) is 4.90 Å². The molecule has 5 aliphatic heterocycles.